The van der Waals surface area contributed by atoms with Gasteiger partial charge in [0.1, 0.15) is 42.6 Å². The van der Waals surface area contributed by atoms with Gasteiger partial charge in [0.15, 0.2) is 5.60 Å². The number of pyridine rings is 2. The first-order chi connectivity index (χ1) is 35.5. The zero-order chi connectivity index (χ0) is 54.9. The van der Waals surface area contributed by atoms with Crippen molar-refractivity contribution in [2.24, 2.45) is 11.7 Å². The molecule has 8 N–H and O–H groups in total. The number of anilines is 1. The summed E-state index contributed by atoms with van der Waals surface area (Å²) in [6, 6.07) is 9.88. The lowest BCUT2D eigenvalue weighted by molar-refractivity contribution is -0.172. The number of urea groups is 1. The van der Waals surface area contributed by atoms with Crippen molar-refractivity contribution in [1.82, 2.24) is 35.3 Å². The number of nitrogens with zero attached hydrogens (tertiary/aromatic N) is 4. The van der Waals surface area contributed by atoms with Crippen LogP contribution in [0.3, 0.4) is 0 Å². The van der Waals surface area contributed by atoms with Crippen molar-refractivity contribution in [2.45, 2.75) is 90.8 Å². The van der Waals surface area contributed by atoms with Crippen molar-refractivity contribution in [1.29, 1.82) is 0 Å². The Balaban J connectivity index is 1.00. The topological polar surface area (TPSA) is 337 Å². The molecule has 0 saturated carbocycles. The molecule has 402 valence electrons. The first-order valence-electron chi connectivity index (χ1n) is 24.1. The van der Waals surface area contributed by atoms with Gasteiger partial charge in [-0.15, -0.1) is 0 Å². The van der Waals surface area contributed by atoms with E-state index in [4.69, 9.17) is 30.0 Å². The lowest BCUT2D eigenvalue weighted by Gasteiger charge is -2.31. The average Bonchev–Trinajstić information content (AvgIpc) is 3.74. The Bertz CT molecular complexity index is 2980. The lowest BCUT2D eigenvalue weighted by Crippen LogP contribution is -2.55. The Labute approximate surface area is 433 Å². The largest absolute Gasteiger partial charge is 0.481 e. The number of nitrogens with one attached hydrogen (secondary N) is 4. The number of benzene rings is 2. The number of carbonyl (C=O) groups excluding carboxylic acids is 7. The zero-order valence-electron chi connectivity index (χ0n) is 42.3. The predicted octanol–water partition coefficient (Wildman–Crippen LogP) is 2.19. The average molecular weight is 1060 g/mol. The van der Waals surface area contributed by atoms with Gasteiger partial charge in [-0.2, -0.15) is 0 Å². The molecule has 2 aliphatic heterocycles. The van der Waals surface area contributed by atoms with E-state index in [1.165, 1.54) is 23.9 Å². The molecule has 0 spiro atoms. The van der Waals surface area contributed by atoms with Gasteiger partial charge in [-0.05, 0) is 79.1 Å². The van der Waals surface area contributed by atoms with Crippen molar-refractivity contribution >= 4 is 75.3 Å². The fourth-order valence-electron chi connectivity index (χ4n) is 8.57. The predicted molar refractivity (Wildman–Crippen MR) is 271 cm³/mol. The standard InChI is InChI=1S/C50H61N9O15S/c1-7-31-32-20-30(15-16-36(32)54-42-33(31)22-59-38(42)21-35-34(45(59)65)24-72-46(66)50(35,70)8-2)74-49(69)58(6)19-18-57(5)48(68)73-23-28-11-13-29(14-12-28)53-43(63)37(10-9-17-52-47(51)67)55-44(64)41(27(3)4)56-39(60)25-75(71)26-40(61)62/h11-16,20-21,27,37,41,70H,7-10,17-19,22-26H2,1-6H3,(H,53,63)(H,55,64)(H,56,60)(H,61,62)(H3,51,52,67)/t37-,41-,50-,75?/m0/s1. The molecule has 2 aromatic carbocycles. The maximum Gasteiger partial charge on any atom is 0.415 e. The minimum absolute atomic E-state index is 0.0208. The van der Waals surface area contributed by atoms with Crippen LogP contribution in [0.15, 0.2) is 53.3 Å². The van der Waals surface area contributed by atoms with E-state index >= 15 is 0 Å². The van der Waals surface area contributed by atoms with Crippen molar-refractivity contribution < 1.29 is 67.0 Å². The third-order valence-corrected chi connectivity index (χ3v) is 13.9. The maximum atomic E-state index is 13.7. The molecule has 24 nitrogen and oxygen atoms in total. The van der Waals surface area contributed by atoms with E-state index in [1.807, 2.05) is 6.92 Å². The minimum atomic E-state index is -2.01. The number of aliphatic hydroxyl groups is 1. The highest BCUT2D eigenvalue weighted by molar-refractivity contribution is 7.86. The summed E-state index contributed by atoms with van der Waals surface area (Å²) in [5.41, 5.74) is 7.47. The van der Waals surface area contributed by atoms with Crippen LogP contribution < -0.4 is 37.3 Å². The van der Waals surface area contributed by atoms with Gasteiger partial charge >= 0.3 is 30.2 Å². The van der Waals surface area contributed by atoms with Crippen LogP contribution in [-0.4, -0.2) is 139 Å². The number of likely N-dealkylation sites (N-methyl/N-ethyl adjacent to an activating group) is 2. The first kappa shape index (κ1) is 56.4. The lowest BCUT2D eigenvalue weighted by atomic mass is 9.86. The van der Waals surface area contributed by atoms with Crippen molar-refractivity contribution in [2.75, 3.05) is 50.6 Å². The number of fused-ring (bicyclic) bond motifs is 5. The number of carboxylic acid groups (broad SMARTS) is 1. The Morgan fingerprint density at radius 2 is 1.63 bits per heavy atom. The number of aliphatic carboxylic acids is 1. The van der Waals surface area contributed by atoms with Gasteiger partial charge in [0.05, 0.1) is 29.0 Å². The summed E-state index contributed by atoms with van der Waals surface area (Å²) in [6.45, 7) is 6.95. The zero-order valence-corrected chi connectivity index (χ0v) is 43.1. The molecule has 1 unspecified atom stereocenters. The number of amides is 7. The van der Waals surface area contributed by atoms with Gasteiger partial charge in [0.25, 0.3) is 5.56 Å². The van der Waals surface area contributed by atoms with Crippen molar-refractivity contribution in [3.8, 4) is 17.1 Å². The van der Waals surface area contributed by atoms with E-state index in [-0.39, 0.29) is 81.1 Å². The Morgan fingerprint density at radius 1 is 0.933 bits per heavy atom. The highest BCUT2D eigenvalue weighted by Gasteiger charge is 2.45. The number of ether oxygens (including phenoxy) is 3. The Hall–Kier alpha value is -7.93. The highest BCUT2D eigenvalue weighted by atomic mass is 32.2. The van der Waals surface area contributed by atoms with Crippen molar-refractivity contribution in [3.63, 3.8) is 0 Å². The molecular formula is C50H61N9O15S. The molecule has 75 heavy (non-hydrogen) atoms. The molecule has 0 aliphatic carbocycles. The molecule has 6 rings (SSSR count). The molecule has 2 aliphatic rings. The van der Waals surface area contributed by atoms with Crippen LogP contribution in [-0.2, 0) is 76.0 Å². The maximum absolute atomic E-state index is 13.7. The molecule has 25 heteroatoms. The quantitative estimate of drug-likeness (QED) is 0.0386. The number of carbonyl (C=O) groups is 8. The summed E-state index contributed by atoms with van der Waals surface area (Å²) in [6.07, 6.45) is -0.532. The number of esters is 1. The Kier molecular flexibility index (Phi) is 18.3. The van der Waals surface area contributed by atoms with Gasteiger partial charge in [-0.3, -0.25) is 28.2 Å². The van der Waals surface area contributed by atoms with Gasteiger partial charge in [-0.1, -0.05) is 39.8 Å². The molecule has 4 atom stereocenters. The third-order valence-electron chi connectivity index (χ3n) is 12.8. The second kappa shape index (κ2) is 24.4. The minimum Gasteiger partial charge on any atom is -0.481 e. The summed E-state index contributed by atoms with van der Waals surface area (Å²) < 4.78 is 30.0. The van der Waals surface area contributed by atoms with E-state index in [1.54, 1.807) is 73.9 Å². The van der Waals surface area contributed by atoms with E-state index in [9.17, 15) is 52.5 Å². The number of carboxylic acids is 1. The van der Waals surface area contributed by atoms with E-state index in [0.29, 0.717) is 34.6 Å². The fourth-order valence-corrected chi connectivity index (χ4v) is 9.32. The number of aromatic nitrogens is 2. The molecule has 0 fully saturated rings. The number of rotatable bonds is 22. The first-order valence-corrected chi connectivity index (χ1v) is 25.6. The molecule has 0 saturated heterocycles. The van der Waals surface area contributed by atoms with Crippen LogP contribution in [0.2, 0.25) is 0 Å². The van der Waals surface area contributed by atoms with E-state index < -0.39 is 93.8 Å². The van der Waals surface area contributed by atoms with Crippen LogP contribution in [0.5, 0.6) is 5.75 Å². The summed E-state index contributed by atoms with van der Waals surface area (Å²) in [5.74, 6) is -5.97. The fraction of sp³-hybridized carbons (Fsp3) is 0.440. The molecule has 4 heterocycles. The van der Waals surface area contributed by atoms with Gasteiger partial charge in [0.2, 0.25) is 17.7 Å². The van der Waals surface area contributed by atoms with Crippen LogP contribution in [0.25, 0.3) is 22.3 Å². The second-order valence-electron chi connectivity index (χ2n) is 18.4. The normalized spacial score (nSPS) is 15.5. The molecule has 4 aromatic rings. The van der Waals surface area contributed by atoms with Gasteiger partial charge in [0, 0.05) is 66.7 Å². The van der Waals surface area contributed by atoms with Crippen LogP contribution >= 0.6 is 0 Å². The third kappa shape index (κ3) is 13.4. The second-order valence-corrected chi connectivity index (χ2v) is 19.9. The number of hydrogen-bond donors (Lipinski definition) is 7. The number of hydrogen-bond acceptors (Lipinski definition) is 15. The van der Waals surface area contributed by atoms with Crippen LogP contribution in [0, 0.1) is 5.92 Å². The summed E-state index contributed by atoms with van der Waals surface area (Å²) >= 11 is 0. The number of nitrogens with two attached hydrogens (primary N) is 1. The van der Waals surface area contributed by atoms with Crippen molar-refractivity contribution in [3.05, 3.63) is 86.7 Å². The molecule has 7 amide bonds. The summed E-state index contributed by atoms with van der Waals surface area (Å²) in [4.78, 5) is 122. The molecule has 0 radical (unpaired) electrons. The Morgan fingerprint density at radius 3 is 2.27 bits per heavy atom. The van der Waals surface area contributed by atoms with Crippen LogP contribution in [0.1, 0.15) is 74.8 Å². The smallest absolute Gasteiger partial charge is 0.415 e. The highest BCUT2D eigenvalue weighted by Crippen LogP contribution is 2.41. The molecule has 2 aromatic heterocycles. The number of primary amides is 1. The summed E-state index contributed by atoms with van der Waals surface area (Å²) in [7, 11) is 1.01. The van der Waals surface area contributed by atoms with Crippen LogP contribution in [0.4, 0.5) is 20.1 Å². The molecular weight excluding hydrogens is 999 g/mol. The number of cyclic esters (lactones) is 1. The van der Waals surface area contributed by atoms with E-state index in [0.717, 1.165) is 16.5 Å². The summed E-state index contributed by atoms with van der Waals surface area (Å²) in [5, 5.41) is 31.0. The van der Waals surface area contributed by atoms with E-state index in [2.05, 4.69) is 21.3 Å². The van der Waals surface area contributed by atoms with Gasteiger partial charge < -0.3 is 65.8 Å². The monoisotopic (exact) mass is 1060 g/mol. The number of aryl methyl sites for hydroxylation is 1. The SMILES string of the molecule is CCc1c2c(nc3ccc(OC(=O)N(C)CCN(C)C(=O)OCc4ccc(NC(=O)[C@H](CCCNC(N)=O)NC(=O)[C@@H](NC(=O)CS(=O)CC(=O)O)C(C)C)cc4)cc13)-c1cc3c(c(=O)n1C2)COC(=O)[C@]3(O)CC. The van der Waals surface area contributed by atoms with Gasteiger partial charge in [-0.25, -0.2) is 24.2 Å². The molecule has 0 bridgehead atoms.